The first-order valence-corrected chi connectivity index (χ1v) is 10.0. The van der Waals surface area contributed by atoms with Crippen molar-refractivity contribution in [2.24, 2.45) is 0 Å². The second kappa shape index (κ2) is 8.23. The van der Waals surface area contributed by atoms with Crippen molar-refractivity contribution in [3.63, 3.8) is 0 Å². The number of para-hydroxylation sites is 2. The first kappa shape index (κ1) is 19.8. The van der Waals surface area contributed by atoms with Crippen LogP contribution in [0.25, 0.3) is 0 Å². The highest BCUT2D eigenvalue weighted by Crippen LogP contribution is 2.25. The molecule has 0 bridgehead atoms. The minimum absolute atomic E-state index is 0.289. The number of amides is 1. The van der Waals surface area contributed by atoms with Crippen molar-refractivity contribution in [3.05, 3.63) is 59.7 Å². The first-order chi connectivity index (χ1) is 12.2. The molecular weight excluding hydrogens is 352 g/mol. The molecule has 0 aliphatic heterocycles. The average Bonchev–Trinajstić information content (AvgIpc) is 2.59. The zero-order valence-corrected chi connectivity index (χ0v) is 16.2. The van der Waals surface area contributed by atoms with E-state index < -0.39 is 15.9 Å². The van der Waals surface area contributed by atoms with Gasteiger partial charge in [0.25, 0.3) is 0 Å². The smallest absolute Gasteiger partial charge is 0.241 e. The fourth-order valence-electron chi connectivity index (χ4n) is 2.74. The van der Waals surface area contributed by atoms with Crippen LogP contribution >= 0.6 is 0 Å². The third-order valence-corrected chi connectivity index (χ3v) is 5.18. The van der Waals surface area contributed by atoms with Crippen molar-refractivity contribution < 1.29 is 17.9 Å². The van der Waals surface area contributed by atoms with E-state index in [-0.39, 0.29) is 12.6 Å². The largest absolute Gasteiger partial charge is 0.496 e. The molecule has 1 atom stereocenters. The quantitative estimate of drug-likeness (QED) is 0.806. The fourth-order valence-corrected chi connectivity index (χ4v) is 3.66. The zero-order chi connectivity index (χ0) is 19.3. The minimum atomic E-state index is -3.60. The number of nitrogens with zero attached hydrogens (tertiary/aromatic N) is 1. The Hall–Kier alpha value is -2.54. The number of carbonyl (C=O) groups excluding carboxylic acids is 1. The van der Waals surface area contributed by atoms with E-state index in [2.05, 4.69) is 5.32 Å². The number of rotatable bonds is 7. The summed E-state index contributed by atoms with van der Waals surface area (Å²) in [4.78, 5) is 12.5. The molecule has 0 spiro atoms. The number of nitrogens with one attached hydrogen (secondary N) is 1. The number of hydrogen-bond acceptors (Lipinski definition) is 4. The lowest BCUT2D eigenvalue weighted by Gasteiger charge is -2.25. The van der Waals surface area contributed by atoms with Gasteiger partial charge in [-0.25, -0.2) is 8.42 Å². The molecule has 6 nitrogen and oxygen atoms in total. The topological polar surface area (TPSA) is 75.7 Å². The van der Waals surface area contributed by atoms with Gasteiger partial charge in [-0.3, -0.25) is 9.10 Å². The van der Waals surface area contributed by atoms with Crippen LogP contribution in [0.4, 0.5) is 5.69 Å². The summed E-state index contributed by atoms with van der Waals surface area (Å²) in [6.07, 6.45) is 1.09. The van der Waals surface area contributed by atoms with Gasteiger partial charge in [0.15, 0.2) is 0 Å². The van der Waals surface area contributed by atoms with Gasteiger partial charge in [0.1, 0.15) is 12.3 Å². The summed E-state index contributed by atoms with van der Waals surface area (Å²) < 4.78 is 30.8. The highest BCUT2D eigenvalue weighted by Gasteiger charge is 2.23. The summed E-state index contributed by atoms with van der Waals surface area (Å²) in [5, 5.41) is 2.84. The molecule has 1 unspecified atom stereocenters. The van der Waals surface area contributed by atoms with Gasteiger partial charge in [-0.05, 0) is 31.5 Å². The lowest BCUT2D eigenvalue weighted by Crippen LogP contribution is -2.41. The fraction of sp³-hybridized carbons (Fsp3) is 0.316. The van der Waals surface area contributed by atoms with E-state index in [4.69, 9.17) is 4.74 Å². The van der Waals surface area contributed by atoms with Crippen molar-refractivity contribution in [1.29, 1.82) is 0 Å². The number of sulfonamides is 1. The SMILES string of the molecule is COc1ccccc1C(C)NC(=O)CN(c1ccccc1C)S(C)(=O)=O. The Bertz CT molecular complexity index is 881. The molecular formula is C19H24N2O4S. The molecule has 0 aliphatic rings. The highest BCUT2D eigenvalue weighted by molar-refractivity contribution is 7.92. The molecule has 0 aromatic heterocycles. The van der Waals surface area contributed by atoms with E-state index in [0.29, 0.717) is 11.4 Å². The van der Waals surface area contributed by atoms with Crippen LogP contribution in [0.15, 0.2) is 48.5 Å². The van der Waals surface area contributed by atoms with Gasteiger partial charge in [0.05, 0.1) is 25.1 Å². The second-order valence-corrected chi connectivity index (χ2v) is 7.99. The summed E-state index contributed by atoms with van der Waals surface area (Å²) in [6.45, 7) is 3.35. The number of ether oxygens (including phenoxy) is 1. The molecule has 2 aromatic carbocycles. The normalized spacial score (nSPS) is 12.3. The zero-order valence-electron chi connectivity index (χ0n) is 15.4. The Morgan fingerprint density at radius 3 is 2.38 bits per heavy atom. The second-order valence-electron chi connectivity index (χ2n) is 6.09. The molecule has 26 heavy (non-hydrogen) atoms. The monoisotopic (exact) mass is 376 g/mol. The van der Waals surface area contributed by atoms with Crippen LogP contribution in [0.5, 0.6) is 5.75 Å². The van der Waals surface area contributed by atoms with Gasteiger partial charge in [-0.2, -0.15) is 0 Å². The number of carbonyl (C=O) groups is 1. The van der Waals surface area contributed by atoms with Crippen LogP contribution in [0.2, 0.25) is 0 Å². The van der Waals surface area contributed by atoms with Gasteiger partial charge < -0.3 is 10.1 Å². The predicted molar refractivity (Wildman–Crippen MR) is 103 cm³/mol. The summed E-state index contributed by atoms with van der Waals surface area (Å²) in [5.41, 5.74) is 2.10. The number of hydrogen-bond donors (Lipinski definition) is 1. The van der Waals surface area contributed by atoms with Crippen LogP contribution in [0.1, 0.15) is 24.1 Å². The van der Waals surface area contributed by atoms with Crippen molar-refractivity contribution >= 4 is 21.6 Å². The lowest BCUT2D eigenvalue weighted by atomic mass is 10.1. The Morgan fingerprint density at radius 2 is 1.77 bits per heavy atom. The molecule has 0 saturated heterocycles. The third-order valence-electron chi connectivity index (χ3n) is 4.05. The number of anilines is 1. The maximum absolute atomic E-state index is 12.5. The van der Waals surface area contributed by atoms with Crippen molar-refractivity contribution in [3.8, 4) is 5.75 Å². The molecule has 0 saturated carbocycles. The Labute approximate surface area is 154 Å². The van der Waals surface area contributed by atoms with Gasteiger partial charge in [-0.15, -0.1) is 0 Å². The molecule has 140 valence electrons. The van der Waals surface area contributed by atoms with E-state index in [1.54, 1.807) is 19.2 Å². The number of aryl methyl sites for hydroxylation is 1. The van der Waals surface area contributed by atoms with E-state index in [0.717, 1.165) is 21.7 Å². The third kappa shape index (κ3) is 4.76. The number of benzene rings is 2. The van der Waals surface area contributed by atoms with Crippen LogP contribution in [-0.4, -0.2) is 34.2 Å². The first-order valence-electron chi connectivity index (χ1n) is 8.19. The minimum Gasteiger partial charge on any atom is -0.496 e. The van der Waals surface area contributed by atoms with Gasteiger partial charge >= 0.3 is 0 Å². The summed E-state index contributed by atoms with van der Waals surface area (Å²) >= 11 is 0. The average molecular weight is 376 g/mol. The van der Waals surface area contributed by atoms with Crippen molar-refractivity contribution in [1.82, 2.24) is 5.32 Å². The van der Waals surface area contributed by atoms with Gasteiger partial charge in [-0.1, -0.05) is 36.4 Å². The van der Waals surface area contributed by atoms with Gasteiger partial charge in [0.2, 0.25) is 15.9 Å². The maximum Gasteiger partial charge on any atom is 0.241 e. The summed E-state index contributed by atoms with van der Waals surface area (Å²) in [6, 6.07) is 14.1. The Balaban J connectivity index is 2.19. The van der Waals surface area contributed by atoms with E-state index in [9.17, 15) is 13.2 Å². The molecule has 2 aromatic rings. The molecule has 0 aliphatic carbocycles. The molecule has 2 rings (SSSR count). The molecule has 0 heterocycles. The molecule has 1 amide bonds. The van der Waals surface area contributed by atoms with E-state index in [1.165, 1.54) is 0 Å². The molecule has 7 heteroatoms. The number of methoxy groups -OCH3 is 1. The van der Waals surface area contributed by atoms with Crippen LogP contribution < -0.4 is 14.4 Å². The lowest BCUT2D eigenvalue weighted by molar-refractivity contribution is -0.120. The molecule has 0 fully saturated rings. The summed E-state index contributed by atoms with van der Waals surface area (Å²) in [5.74, 6) is 0.274. The Morgan fingerprint density at radius 1 is 1.15 bits per heavy atom. The molecule has 1 N–H and O–H groups in total. The van der Waals surface area contributed by atoms with Crippen LogP contribution in [0, 0.1) is 6.92 Å². The van der Waals surface area contributed by atoms with Crippen LogP contribution in [-0.2, 0) is 14.8 Å². The van der Waals surface area contributed by atoms with E-state index in [1.807, 2.05) is 50.2 Å². The standard InChI is InChI=1S/C19H24N2O4S/c1-14-9-5-7-11-17(14)21(26(4,23)24)13-19(22)20-15(2)16-10-6-8-12-18(16)25-3/h5-12,15H,13H2,1-4H3,(H,20,22). The maximum atomic E-state index is 12.5. The van der Waals surface area contributed by atoms with Crippen molar-refractivity contribution in [2.45, 2.75) is 19.9 Å². The van der Waals surface area contributed by atoms with Gasteiger partial charge in [0, 0.05) is 5.56 Å². The van der Waals surface area contributed by atoms with Crippen LogP contribution in [0.3, 0.4) is 0 Å². The highest BCUT2D eigenvalue weighted by atomic mass is 32.2. The summed E-state index contributed by atoms with van der Waals surface area (Å²) in [7, 11) is -2.03. The Kier molecular flexibility index (Phi) is 6.26. The predicted octanol–water partition coefficient (Wildman–Crippen LogP) is 2.65. The van der Waals surface area contributed by atoms with E-state index >= 15 is 0 Å². The van der Waals surface area contributed by atoms with Crippen molar-refractivity contribution in [2.75, 3.05) is 24.2 Å². The molecule has 0 radical (unpaired) electrons.